The SMILES string of the molecule is CC(C)N(C(=O)/C=C\c1ccccc1OCC(=O)O)C(C)C. The van der Waals surface area contributed by atoms with Gasteiger partial charge in [0.1, 0.15) is 5.75 Å². The molecule has 0 radical (unpaired) electrons. The molecule has 1 N–H and O–H groups in total. The lowest BCUT2D eigenvalue weighted by atomic mass is 10.1. The van der Waals surface area contributed by atoms with Crippen molar-refractivity contribution in [3.05, 3.63) is 35.9 Å². The number of carboxylic acid groups (broad SMARTS) is 1. The van der Waals surface area contributed by atoms with Gasteiger partial charge in [0.05, 0.1) is 0 Å². The van der Waals surface area contributed by atoms with Gasteiger partial charge in [-0.2, -0.15) is 0 Å². The highest BCUT2D eigenvalue weighted by atomic mass is 16.5. The van der Waals surface area contributed by atoms with Crippen LogP contribution in [0, 0.1) is 0 Å². The Balaban J connectivity index is 2.89. The molecule has 1 amide bonds. The maximum absolute atomic E-state index is 12.3. The smallest absolute Gasteiger partial charge is 0.341 e. The molecule has 1 rings (SSSR count). The predicted molar refractivity (Wildman–Crippen MR) is 85.7 cm³/mol. The fourth-order valence-electron chi connectivity index (χ4n) is 2.24. The van der Waals surface area contributed by atoms with Gasteiger partial charge in [-0.1, -0.05) is 18.2 Å². The molecule has 1 aromatic carbocycles. The molecule has 0 atom stereocenters. The van der Waals surface area contributed by atoms with Gasteiger partial charge >= 0.3 is 5.97 Å². The zero-order valence-electron chi connectivity index (χ0n) is 13.4. The number of carboxylic acids is 1. The van der Waals surface area contributed by atoms with Gasteiger partial charge in [-0.15, -0.1) is 0 Å². The number of rotatable bonds is 7. The predicted octanol–water partition coefficient (Wildman–Crippen LogP) is 2.81. The summed E-state index contributed by atoms with van der Waals surface area (Å²) in [5.74, 6) is -0.687. The highest BCUT2D eigenvalue weighted by molar-refractivity contribution is 5.92. The second kappa shape index (κ2) is 8.22. The molecule has 0 unspecified atom stereocenters. The van der Waals surface area contributed by atoms with Crippen molar-refractivity contribution in [3.63, 3.8) is 0 Å². The molecule has 120 valence electrons. The van der Waals surface area contributed by atoms with Crippen LogP contribution in [0.5, 0.6) is 5.75 Å². The number of para-hydroxylation sites is 1. The first kappa shape index (κ1) is 17.8. The number of amides is 1. The van der Waals surface area contributed by atoms with E-state index < -0.39 is 12.6 Å². The molecule has 0 aromatic heterocycles. The van der Waals surface area contributed by atoms with Crippen LogP contribution in [0.2, 0.25) is 0 Å². The summed E-state index contributed by atoms with van der Waals surface area (Å²) in [6.45, 7) is 7.46. The van der Waals surface area contributed by atoms with Crippen molar-refractivity contribution >= 4 is 18.0 Å². The molecule has 0 saturated heterocycles. The highest BCUT2D eigenvalue weighted by Crippen LogP contribution is 2.20. The lowest BCUT2D eigenvalue weighted by molar-refractivity contribution is -0.139. The molecule has 5 nitrogen and oxygen atoms in total. The van der Waals surface area contributed by atoms with Crippen LogP contribution in [0.15, 0.2) is 30.3 Å². The van der Waals surface area contributed by atoms with E-state index in [4.69, 9.17) is 9.84 Å². The first-order valence-corrected chi connectivity index (χ1v) is 7.27. The summed E-state index contributed by atoms with van der Waals surface area (Å²) < 4.78 is 5.21. The Morgan fingerprint density at radius 1 is 1.18 bits per heavy atom. The van der Waals surface area contributed by atoms with Crippen LogP contribution in [0.3, 0.4) is 0 Å². The number of nitrogens with zero attached hydrogens (tertiary/aromatic N) is 1. The van der Waals surface area contributed by atoms with E-state index in [2.05, 4.69) is 0 Å². The Hall–Kier alpha value is -2.30. The minimum atomic E-state index is -1.04. The van der Waals surface area contributed by atoms with Gasteiger partial charge in [-0.25, -0.2) is 4.79 Å². The summed E-state index contributed by atoms with van der Waals surface area (Å²) >= 11 is 0. The zero-order chi connectivity index (χ0) is 16.7. The van der Waals surface area contributed by atoms with E-state index in [9.17, 15) is 9.59 Å². The van der Waals surface area contributed by atoms with E-state index in [1.165, 1.54) is 6.08 Å². The number of carbonyl (C=O) groups is 2. The van der Waals surface area contributed by atoms with Gasteiger partial charge < -0.3 is 14.7 Å². The number of hydrogen-bond acceptors (Lipinski definition) is 3. The minimum Gasteiger partial charge on any atom is -0.481 e. The van der Waals surface area contributed by atoms with Crippen molar-refractivity contribution in [2.45, 2.75) is 39.8 Å². The van der Waals surface area contributed by atoms with Gasteiger partial charge in [-0.05, 0) is 39.8 Å². The van der Waals surface area contributed by atoms with Crippen molar-refractivity contribution in [1.82, 2.24) is 4.90 Å². The molecular formula is C17H23NO4. The summed E-state index contributed by atoms with van der Waals surface area (Å²) in [6.07, 6.45) is 3.14. The Kier molecular flexibility index (Phi) is 6.63. The van der Waals surface area contributed by atoms with Crippen LogP contribution >= 0.6 is 0 Å². The lowest BCUT2D eigenvalue weighted by Crippen LogP contribution is -2.41. The number of carbonyl (C=O) groups excluding carboxylic acids is 1. The molecule has 0 aliphatic rings. The molecule has 0 aliphatic carbocycles. The van der Waals surface area contributed by atoms with Crippen LogP contribution in [-0.2, 0) is 9.59 Å². The van der Waals surface area contributed by atoms with E-state index in [0.29, 0.717) is 11.3 Å². The number of aliphatic carboxylic acids is 1. The zero-order valence-corrected chi connectivity index (χ0v) is 13.4. The molecule has 0 fully saturated rings. The largest absolute Gasteiger partial charge is 0.481 e. The maximum atomic E-state index is 12.3. The Labute approximate surface area is 131 Å². The molecule has 22 heavy (non-hydrogen) atoms. The third kappa shape index (κ3) is 5.24. The van der Waals surface area contributed by atoms with Crippen LogP contribution in [-0.4, -0.2) is 40.6 Å². The highest BCUT2D eigenvalue weighted by Gasteiger charge is 2.17. The van der Waals surface area contributed by atoms with E-state index in [1.807, 2.05) is 27.7 Å². The molecule has 0 aliphatic heterocycles. The molecule has 1 aromatic rings. The molecule has 0 saturated carbocycles. The van der Waals surface area contributed by atoms with Gasteiger partial charge in [0.25, 0.3) is 0 Å². The summed E-state index contributed by atoms with van der Waals surface area (Å²) in [5, 5.41) is 8.67. The van der Waals surface area contributed by atoms with Crippen molar-refractivity contribution in [3.8, 4) is 5.75 Å². The number of benzene rings is 1. The average molecular weight is 305 g/mol. The first-order valence-electron chi connectivity index (χ1n) is 7.27. The fraction of sp³-hybridized carbons (Fsp3) is 0.412. The van der Waals surface area contributed by atoms with Crippen molar-refractivity contribution in [1.29, 1.82) is 0 Å². The van der Waals surface area contributed by atoms with E-state index >= 15 is 0 Å². The first-order chi connectivity index (χ1) is 10.3. The Morgan fingerprint density at radius 2 is 1.77 bits per heavy atom. The van der Waals surface area contributed by atoms with Gasteiger partial charge in [0.2, 0.25) is 5.91 Å². The Bertz CT molecular complexity index is 541. The molecule has 0 bridgehead atoms. The van der Waals surface area contributed by atoms with Crippen LogP contribution < -0.4 is 4.74 Å². The third-order valence-corrected chi connectivity index (χ3v) is 3.04. The average Bonchev–Trinajstić information content (AvgIpc) is 2.42. The van der Waals surface area contributed by atoms with Crippen molar-refractivity contribution in [2.75, 3.05) is 6.61 Å². The standard InChI is InChI=1S/C17H23NO4/c1-12(2)18(13(3)4)16(19)10-9-14-7-5-6-8-15(14)22-11-17(20)21/h5-10,12-13H,11H2,1-4H3,(H,20,21)/b10-9-. The van der Waals surface area contributed by atoms with Gasteiger partial charge in [0, 0.05) is 23.7 Å². The number of ether oxygens (including phenoxy) is 1. The van der Waals surface area contributed by atoms with E-state index in [0.717, 1.165) is 0 Å². The van der Waals surface area contributed by atoms with Crippen LogP contribution in [0.1, 0.15) is 33.3 Å². The van der Waals surface area contributed by atoms with Crippen LogP contribution in [0.25, 0.3) is 6.08 Å². The fourth-order valence-corrected chi connectivity index (χ4v) is 2.24. The molecule has 0 heterocycles. The third-order valence-electron chi connectivity index (χ3n) is 3.04. The van der Waals surface area contributed by atoms with Crippen molar-refractivity contribution < 1.29 is 19.4 Å². The molecule has 5 heteroatoms. The number of hydrogen-bond donors (Lipinski definition) is 1. The second-order valence-corrected chi connectivity index (χ2v) is 5.49. The Morgan fingerprint density at radius 3 is 2.32 bits per heavy atom. The van der Waals surface area contributed by atoms with E-state index in [1.54, 1.807) is 35.2 Å². The van der Waals surface area contributed by atoms with Crippen LogP contribution in [0.4, 0.5) is 0 Å². The van der Waals surface area contributed by atoms with Crippen molar-refractivity contribution in [2.24, 2.45) is 0 Å². The van der Waals surface area contributed by atoms with E-state index in [-0.39, 0.29) is 18.0 Å². The summed E-state index contributed by atoms with van der Waals surface area (Å²) in [5.41, 5.74) is 0.671. The molecular weight excluding hydrogens is 282 g/mol. The van der Waals surface area contributed by atoms with Gasteiger partial charge in [0.15, 0.2) is 6.61 Å². The summed E-state index contributed by atoms with van der Waals surface area (Å²) in [6, 6.07) is 7.23. The maximum Gasteiger partial charge on any atom is 0.341 e. The van der Waals surface area contributed by atoms with Gasteiger partial charge in [-0.3, -0.25) is 4.79 Å². The topological polar surface area (TPSA) is 66.8 Å². The summed E-state index contributed by atoms with van der Waals surface area (Å²) in [4.78, 5) is 24.6. The quantitative estimate of drug-likeness (QED) is 0.787. The molecule has 0 spiro atoms. The second-order valence-electron chi connectivity index (χ2n) is 5.49. The normalized spacial score (nSPS) is 11.2. The lowest BCUT2D eigenvalue weighted by Gasteiger charge is -2.29. The monoisotopic (exact) mass is 305 g/mol. The minimum absolute atomic E-state index is 0.0852. The summed E-state index contributed by atoms with van der Waals surface area (Å²) in [7, 11) is 0.